The Morgan fingerprint density at radius 2 is 2.43 bits per heavy atom. The molecule has 0 aromatic carbocycles. The molecule has 1 saturated heterocycles. The van der Waals surface area contributed by atoms with Gasteiger partial charge in [0.2, 0.25) is 5.95 Å². The van der Waals surface area contributed by atoms with Crippen molar-refractivity contribution in [2.75, 3.05) is 12.4 Å². The number of nitrogens with one attached hydrogen (secondary N) is 2. The molecular weight excluding hydrogens is 340 g/mol. The molecule has 3 N–H and O–H groups in total. The third-order valence-electron chi connectivity index (χ3n) is 3.86. The van der Waals surface area contributed by atoms with Crippen LogP contribution in [-0.4, -0.2) is 50.0 Å². The van der Waals surface area contributed by atoms with E-state index >= 15 is 0 Å². The molecule has 0 saturated carbocycles. The topological polar surface area (TPSA) is 114 Å². The summed E-state index contributed by atoms with van der Waals surface area (Å²) in [5.74, 6) is 0.334. The molecular formula is C12H19N5O4P2. The number of ether oxygens (including phenoxy) is 1. The van der Waals surface area contributed by atoms with Gasteiger partial charge in [-0.1, -0.05) is 15.9 Å². The molecule has 0 spiro atoms. The summed E-state index contributed by atoms with van der Waals surface area (Å²) in [5.41, 5.74) is 0.260. The molecule has 0 amide bonds. The number of H-pyrrole nitrogens is 1. The summed E-state index contributed by atoms with van der Waals surface area (Å²) in [4.78, 5) is 23.1. The van der Waals surface area contributed by atoms with Gasteiger partial charge in [-0.05, 0) is 6.42 Å². The summed E-state index contributed by atoms with van der Waals surface area (Å²) < 4.78 is 13.2. The lowest BCUT2D eigenvalue weighted by Crippen LogP contribution is -2.32. The van der Waals surface area contributed by atoms with Crippen molar-refractivity contribution in [2.45, 2.75) is 37.9 Å². The highest BCUT2D eigenvalue weighted by Gasteiger charge is 2.45. The molecule has 3 unspecified atom stereocenters. The minimum atomic E-state index is -0.749. The smallest absolute Gasteiger partial charge is 0.280 e. The standard InChI is InChI=1S/C12H19N5O4P2/c1-3-5-7(18)8(21-23-22)11(20-5)17-4-14-6-9(17)15-12(13-2)16-10(6)19/h4-5,7-8,11,18,23H,3,22H2,1-2H3,(H2,13,15,16,19)/t5-,7+,8?,11-/m1/s1. The lowest BCUT2D eigenvalue weighted by molar-refractivity contribution is -0.0280. The normalized spacial score (nSPS) is 28.2. The molecule has 126 valence electrons. The van der Waals surface area contributed by atoms with E-state index in [1.807, 2.05) is 6.92 Å². The van der Waals surface area contributed by atoms with Crippen LogP contribution < -0.4 is 10.9 Å². The Labute approximate surface area is 136 Å². The number of hydrogen-bond acceptors (Lipinski definition) is 7. The van der Waals surface area contributed by atoms with Crippen molar-refractivity contribution >= 4 is 34.5 Å². The summed E-state index contributed by atoms with van der Waals surface area (Å²) in [6, 6.07) is 0. The SMILES string of the molecule is CC[C@H]1O[C@@H](n2cnc3c(=O)[nH]c(NC)nc32)C(OPP)[C@H]1O. The average molecular weight is 359 g/mol. The highest BCUT2D eigenvalue weighted by Crippen LogP contribution is 2.39. The first kappa shape index (κ1) is 16.7. The van der Waals surface area contributed by atoms with E-state index in [4.69, 9.17) is 9.26 Å². The van der Waals surface area contributed by atoms with E-state index in [-0.39, 0.29) is 25.7 Å². The van der Waals surface area contributed by atoms with Crippen LogP contribution in [0.1, 0.15) is 19.6 Å². The van der Waals surface area contributed by atoms with Crippen molar-refractivity contribution in [3.8, 4) is 0 Å². The van der Waals surface area contributed by atoms with Crippen LogP contribution >= 0.6 is 17.4 Å². The molecule has 1 aliphatic rings. The molecule has 3 rings (SSSR count). The first-order valence-electron chi connectivity index (χ1n) is 7.20. The molecule has 2 aromatic heterocycles. The van der Waals surface area contributed by atoms with Gasteiger partial charge in [0, 0.05) is 15.5 Å². The summed E-state index contributed by atoms with van der Waals surface area (Å²) in [6.45, 7) is 1.93. The Morgan fingerprint density at radius 1 is 1.65 bits per heavy atom. The van der Waals surface area contributed by atoms with Gasteiger partial charge < -0.3 is 19.7 Å². The van der Waals surface area contributed by atoms with Crippen molar-refractivity contribution in [2.24, 2.45) is 0 Å². The second-order valence-electron chi connectivity index (χ2n) is 5.15. The Balaban J connectivity index is 2.08. The maximum atomic E-state index is 12.0. The van der Waals surface area contributed by atoms with E-state index < -0.39 is 18.4 Å². The minimum absolute atomic E-state index is 0.124. The van der Waals surface area contributed by atoms with E-state index in [0.29, 0.717) is 18.0 Å². The summed E-state index contributed by atoms with van der Waals surface area (Å²) in [7, 11) is 4.27. The molecule has 0 radical (unpaired) electrons. The molecule has 0 aliphatic carbocycles. The molecule has 1 fully saturated rings. The van der Waals surface area contributed by atoms with Crippen LogP contribution in [0.3, 0.4) is 0 Å². The van der Waals surface area contributed by atoms with Crippen molar-refractivity contribution in [3.05, 3.63) is 16.7 Å². The predicted octanol–water partition coefficient (Wildman–Crippen LogP) is 0.598. The van der Waals surface area contributed by atoms with Crippen LogP contribution in [0, 0.1) is 0 Å². The van der Waals surface area contributed by atoms with Crippen LogP contribution in [0.2, 0.25) is 0 Å². The second-order valence-corrected chi connectivity index (χ2v) is 6.33. The summed E-state index contributed by atoms with van der Waals surface area (Å²) in [6.07, 6.45) is -0.0839. The summed E-state index contributed by atoms with van der Waals surface area (Å²) in [5, 5.41) is 13.2. The number of aromatic amines is 1. The fourth-order valence-electron chi connectivity index (χ4n) is 2.72. The lowest BCUT2D eigenvalue weighted by atomic mass is 10.1. The number of aliphatic hydroxyl groups is 1. The largest absolute Gasteiger partial charge is 0.387 e. The second kappa shape index (κ2) is 6.79. The van der Waals surface area contributed by atoms with Crippen molar-refractivity contribution in [1.29, 1.82) is 0 Å². The van der Waals surface area contributed by atoms with E-state index in [9.17, 15) is 9.90 Å². The Bertz CT molecular complexity index is 751. The maximum Gasteiger partial charge on any atom is 0.280 e. The van der Waals surface area contributed by atoms with Gasteiger partial charge in [-0.15, -0.1) is 0 Å². The third kappa shape index (κ3) is 2.88. The quantitative estimate of drug-likeness (QED) is 0.670. The zero-order valence-electron chi connectivity index (χ0n) is 12.7. The number of hydrogen-bond donors (Lipinski definition) is 3. The van der Waals surface area contributed by atoms with Crippen molar-refractivity contribution in [1.82, 2.24) is 19.5 Å². The van der Waals surface area contributed by atoms with Gasteiger partial charge in [0.25, 0.3) is 5.56 Å². The number of anilines is 1. The highest BCUT2D eigenvalue weighted by atomic mass is 32.0. The number of aliphatic hydroxyl groups excluding tert-OH is 1. The molecule has 9 nitrogen and oxygen atoms in total. The van der Waals surface area contributed by atoms with Gasteiger partial charge >= 0.3 is 0 Å². The Hall–Kier alpha value is -1.11. The van der Waals surface area contributed by atoms with E-state index in [2.05, 4.69) is 29.2 Å². The Morgan fingerprint density at radius 3 is 3.09 bits per heavy atom. The molecule has 6 atom stereocenters. The van der Waals surface area contributed by atoms with Gasteiger partial charge in [-0.3, -0.25) is 14.3 Å². The van der Waals surface area contributed by atoms with Gasteiger partial charge in [0.15, 0.2) is 17.4 Å². The average Bonchev–Trinajstić information content (AvgIpc) is 3.10. The third-order valence-corrected chi connectivity index (χ3v) is 4.68. The molecule has 3 heterocycles. The molecule has 0 bridgehead atoms. The van der Waals surface area contributed by atoms with Crippen LogP contribution in [0.4, 0.5) is 5.95 Å². The number of fused-ring (bicyclic) bond motifs is 1. The maximum absolute atomic E-state index is 12.0. The molecule has 23 heavy (non-hydrogen) atoms. The van der Waals surface area contributed by atoms with Crippen LogP contribution in [0.15, 0.2) is 11.1 Å². The molecule has 2 aromatic rings. The van der Waals surface area contributed by atoms with Gasteiger partial charge in [-0.2, -0.15) is 4.98 Å². The summed E-state index contributed by atoms with van der Waals surface area (Å²) >= 11 is 0. The van der Waals surface area contributed by atoms with Crippen molar-refractivity contribution < 1.29 is 14.4 Å². The van der Waals surface area contributed by atoms with Crippen LogP contribution in [-0.2, 0) is 9.26 Å². The fourth-order valence-corrected chi connectivity index (χ4v) is 3.60. The monoisotopic (exact) mass is 359 g/mol. The van der Waals surface area contributed by atoms with E-state index in [0.717, 1.165) is 0 Å². The van der Waals surface area contributed by atoms with Gasteiger partial charge in [-0.25, -0.2) is 4.98 Å². The number of nitrogens with zero attached hydrogens (tertiary/aromatic N) is 3. The number of imidazole rings is 1. The first-order valence-corrected chi connectivity index (χ1v) is 9.91. The highest BCUT2D eigenvalue weighted by molar-refractivity contribution is 8.00. The number of rotatable bonds is 5. The van der Waals surface area contributed by atoms with Crippen LogP contribution in [0.5, 0.6) is 0 Å². The van der Waals surface area contributed by atoms with Gasteiger partial charge in [0.05, 0.1) is 12.4 Å². The van der Waals surface area contributed by atoms with E-state index in [1.54, 1.807) is 11.6 Å². The van der Waals surface area contributed by atoms with Gasteiger partial charge in [0.1, 0.15) is 12.2 Å². The van der Waals surface area contributed by atoms with Crippen molar-refractivity contribution in [3.63, 3.8) is 0 Å². The lowest BCUT2D eigenvalue weighted by Gasteiger charge is -2.21. The van der Waals surface area contributed by atoms with Crippen LogP contribution in [0.25, 0.3) is 11.2 Å². The first-order chi connectivity index (χ1) is 11.1. The predicted molar refractivity (Wildman–Crippen MR) is 90.8 cm³/mol. The zero-order chi connectivity index (χ0) is 16.6. The van der Waals surface area contributed by atoms with E-state index in [1.165, 1.54) is 6.33 Å². The fraction of sp³-hybridized carbons (Fsp3) is 0.583. The molecule has 1 aliphatic heterocycles. The zero-order valence-corrected chi connectivity index (χ0v) is 14.8. The Kier molecular flexibility index (Phi) is 4.94. The number of aromatic nitrogens is 4. The minimum Gasteiger partial charge on any atom is -0.387 e. The molecule has 11 heteroatoms.